The van der Waals surface area contributed by atoms with Gasteiger partial charge in [0.1, 0.15) is 11.5 Å². The molecule has 0 unspecified atom stereocenters. The smallest absolute Gasteiger partial charge is 0.343 e. The Bertz CT molecular complexity index is 1260. The lowest BCUT2D eigenvalue weighted by Crippen LogP contribution is -2.09. The standard InChI is InChI=1S/C26H22O8/c1-29-18-7-11-21(30-2)19(14-18)20(27)8-4-16-5-9-23(24(12-16)31-3)34-26(28)17-6-10-22-25(13-17)33-15-32-22/h4-14H,15H2,1-3H3. The van der Waals surface area contributed by atoms with Crippen LogP contribution in [0.5, 0.6) is 34.5 Å². The Hall–Kier alpha value is -4.46. The molecule has 3 aromatic rings. The molecule has 34 heavy (non-hydrogen) atoms. The fourth-order valence-corrected chi connectivity index (χ4v) is 3.32. The van der Waals surface area contributed by atoms with E-state index in [0.29, 0.717) is 45.4 Å². The van der Waals surface area contributed by atoms with E-state index in [4.69, 9.17) is 28.4 Å². The molecule has 0 bridgehead atoms. The van der Waals surface area contributed by atoms with Crippen molar-refractivity contribution in [1.82, 2.24) is 0 Å². The van der Waals surface area contributed by atoms with Crippen LogP contribution in [0.25, 0.3) is 6.08 Å². The molecule has 8 nitrogen and oxygen atoms in total. The van der Waals surface area contributed by atoms with Gasteiger partial charge < -0.3 is 28.4 Å². The van der Waals surface area contributed by atoms with Gasteiger partial charge in [-0.1, -0.05) is 12.1 Å². The molecule has 0 saturated carbocycles. The molecule has 174 valence electrons. The van der Waals surface area contributed by atoms with Gasteiger partial charge in [0.15, 0.2) is 28.8 Å². The molecule has 8 heteroatoms. The van der Waals surface area contributed by atoms with E-state index in [1.165, 1.54) is 27.4 Å². The molecule has 0 fully saturated rings. The third-order valence-corrected chi connectivity index (χ3v) is 5.10. The minimum Gasteiger partial charge on any atom is -0.497 e. The van der Waals surface area contributed by atoms with Crippen LogP contribution in [-0.2, 0) is 0 Å². The van der Waals surface area contributed by atoms with Gasteiger partial charge in [0, 0.05) is 0 Å². The highest BCUT2D eigenvalue weighted by atomic mass is 16.7. The minimum atomic E-state index is -0.569. The quantitative estimate of drug-likeness (QED) is 0.208. The van der Waals surface area contributed by atoms with Gasteiger partial charge in [-0.05, 0) is 60.2 Å². The molecule has 1 aliphatic heterocycles. The second kappa shape index (κ2) is 9.99. The molecule has 1 heterocycles. The van der Waals surface area contributed by atoms with Crippen LogP contribution in [0.15, 0.2) is 60.7 Å². The van der Waals surface area contributed by atoms with Gasteiger partial charge in [0.2, 0.25) is 6.79 Å². The number of ether oxygens (including phenoxy) is 6. The van der Waals surface area contributed by atoms with Gasteiger partial charge in [0.25, 0.3) is 0 Å². The predicted octanol–water partition coefficient (Wildman–Crippen LogP) is 4.56. The summed E-state index contributed by atoms with van der Waals surface area (Å²) in [6, 6.07) is 14.8. The Balaban J connectivity index is 1.50. The number of methoxy groups -OCH3 is 3. The number of ketones is 1. The van der Waals surface area contributed by atoms with Crippen molar-refractivity contribution >= 4 is 17.8 Å². The largest absolute Gasteiger partial charge is 0.497 e. The number of hydrogen-bond donors (Lipinski definition) is 0. The lowest BCUT2D eigenvalue weighted by Gasteiger charge is -2.10. The van der Waals surface area contributed by atoms with E-state index in [-0.39, 0.29) is 18.3 Å². The molecule has 0 atom stereocenters. The molecule has 1 aliphatic rings. The van der Waals surface area contributed by atoms with Gasteiger partial charge in [-0.25, -0.2) is 4.79 Å². The fourth-order valence-electron chi connectivity index (χ4n) is 3.32. The molecule has 0 aliphatic carbocycles. The zero-order valence-electron chi connectivity index (χ0n) is 18.8. The van der Waals surface area contributed by atoms with Crippen LogP contribution >= 0.6 is 0 Å². The van der Waals surface area contributed by atoms with E-state index in [2.05, 4.69) is 0 Å². The summed E-state index contributed by atoms with van der Waals surface area (Å²) < 4.78 is 31.9. The monoisotopic (exact) mass is 462 g/mol. The molecule has 0 saturated heterocycles. The van der Waals surface area contributed by atoms with Gasteiger partial charge in [-0.2, -0.15) is 0 Å². The third kappa shape index (κ3) is 4.80. The number of carbonyl (C=O) groups excluding carboxylic acids is 2. The molecule has 0 radical (unpaired) electrons. The van der Waals surface area contributed by atoms with Crippen molar-refractivity contribution in [2.75, 3.05) is 28.1 Å². The topological polar surface area (TPSA) is 89.5 Å². The first-order chi connectivity index (χ1) is 16.5. The molecule has 3 aromatic carbocycles. The van der Waals surface area contributed by atoms with E-state index < -0.39 is 5.97 Å². The first-order valence-corrected chi connectivity index (χ1v) is 10.3. The zero-order valence-corrected chi connectivity index (χ0v) is 18.8. The Morgan fingerprint density at radius 2 is 1.56 bits per heavy atom. The highest BCUT2D eigenvalue weighted by molar-refractivity contribution is 6.09. The van der Waals surface area contributed by atoms with Gasteiger partial charge in [0.05, 0.1) is 32.5 Å². The van der Waals surface area contributed by atoms with Crippen molar-refractivity contribution in [2.45, 2.75) is 0 Å². The Kier molecular flexibility index (Phi) is 6.68. The summed E-state index contributed by atoms with van der Waals surface area (Å²) in [7, 11) is 4.49. The molecule has 0 aromatic heterocycles. The number of hydrogen-bond acceptors (Lipinski definition) is 8. The van der Waals surface area contributed by atoms with Crippen LogP contribution < -0.4 is 28.4 Å². The Morgan fingerprint density at radius 3 is 2.32 bits per heavy atom. The van der Waals surface area contributed by atoms with Crippen LogP contribution in [0.3, 0.4) is 0 Å². The maximum atomic E-state index is 12.7. The minimum absolute atomic E-state index is 0.115. The number of benzene rings is 3. The zero-order chi connectivity index (χ0) is 24.1. The summed E-state index contributed by atoms with van der Waals surface area (Å²) in [5, 5.41) is 0. The van der Waals surface area contributed by atoms with E-state index in [0.717, 1.165) is 0 Å². The Labute approximate surface area is 196 Å². The second-order valence-corrected chi connectivity index (χ2v) is 7.13. The summed E-state index contributed by atoms with van der Waals surface area (Å²) >= 11 is 0. The summed E-state index contributed by atoms with van der Waals surface area (Å²) in [5.41, 5.74) is 1.36. The van der Waals surface area contributed by atoms with Crippen LogP contribution in [0.1, 0.15) is 26.3 Å². The summed E-state index contributed by atoms with van der Waals surface area (Å²) in [5.74, 6) is 1.80. The van der Waals surface area contributed by atoms with Crippen molar-refractivity contribution in [3.8, 4) is 34.5 Å². The van der Waals surface area contributed by atoms with Crippen molar-refractivity contribution in [3.05, 3.63) is 77.4 Å². The van der Waals surface area contributed by atoms with Crippen LogP contribution in [0.4, 0.5) is 0 Å². The van der Waals surface area contributed by atoms with E-state index in [1.54, 1.807) is 60.7 Å². The van der Waals surface area contributed by atoms with Crippen LogP contribution in [0.2, 0.25) is 0 Å². The van der Waals surface area contributed by atoms with E-state index in [1.807, 2.05) is 0 Å². The summed E-state index contributed by atoms with van der Waals surface area (Å²) in [4.78, 5) is 25.3. The normalized spacial score (nSPS) is 11.9. The van der Waals surface area contributed by atoms with Crippen LogP contribution in [-0.4, -0.2) is 39.9 Å². The van der Waals surface area contributed by atoms with Crippen molar-refractivity contribution in [2.24, 2.45) is 0 Å². The van der Waals surface area contributed by atoms with Crippen molar-refractivity contribution in [1.29, 1.82) is 0 Å². The first kappa shape index (κ1) is 22.7. The fraction of sp³-hybridized carbons (Fsp3) is 0.154. The maximum Gasteiger partial charge on any atom is 0.343 e. The molecular weight excluding hydrogens is 440 g/mol. The number of fused-ring (bicyclic) bond motifs is 1. The maximum absolute atomic E-state index is 12.7. The number of esters is 1. The molecule has 0 amide bonds. The number of allylic oxidation sites excluding steroid dienone is 1. The highest BCUT2D eigenvalue weighted by Crippen LogP contribution is 2.34. The van der Waals surface area contributed by atoms with Gasteiger partial charge in [-0.3, -0.25) is 4.79 Å². The summed E-state index contributed by atoms with van der Waals surface area (Å²) in [6.45, 7) is 0.115. The average Bonchev–Trinajstić information content (AvgIpc) is 3.35. The SMILES string of the molecule is COc1ccc(OC)c(C(=O)C=Cc2ccc(OC(=O)c3ccc4c(c3)OCO4)c(OC)c2)c1. The van der Waals surface area contributed by atoms with Crippen LogP contribution in [0, 0.1) is 0 Å². The second-order valence-electron chi connectivity index (χ2n) is 7.13. The number of rotatable bonds is 8. The highest BCUT2D eigenvalue weighted by Gasteiger charge is 2.19. The third-order valence-electron chi connectivity index (χ3n) is 5.10. The van der Waals surface area contributed by atoms with Gasteiger partial charge in [-0.15, -0.1) is 0 Å². The van der Waals surface area contributed by atoms with E-state index in [9.17, 15) is 9.59 Å². The van der Waals surface area contributed by atoms with Gasteiger partial charge >= 0.3 is 5.97 Å². The van der Waals surface area contributed by atoms with Crippen molar-refractivity contribution in [3.63, 3.8) is 0 Å². The molecular formula is C26H22O8. The summed E-state index contributed by atoms with van der Waals surface area (Å²) in [6.07, 6.45) is 3.05. The molecule has 4 rings (SSSR count). The van der Waals surface area contributed by atoms with E-state index >= 15 is 0 Å². The molecule has 0 spiro atoms. The lowest BCUT2D eigenvalue weighted by atomic mass is 10.1. The first-order valence-electron chi connectivity index (χ1n) is 10.3. The lowest BCUT2D eigenvalue weighted by molar-refractivity contribution is 0.0729. The Morgan fingerprint density at radius 1 is 0.794 bits per heavy atom. The van der Waals surface area contributed by atoms with Crippen molar-refractivity contribution < 1.29 is 38.0 Å². The average molecular weight is 462 g/mol. The predicted molar refractivity (Wildman–Crippen MR) is 123 cm³/mol. The molecule has 0 N–H and O–H groups in total. The number of carbonyl (C=O) groups is 2.